The van der Waals surface area contributed by atoms with Gasteiger partial charge in [-0.1, -0.05) is 42.5 Å². The second kappa shape index (κ2) is 8.46. The first-order chi connectivity index (χ1) is 15.6. The minimum absolute atomic E-state index is 0.00200. The first kappa shape index (κ1) is 22.1. The number of aromatic carboxylic acids is 1. The van der Waals surface area contributed by atoms with Gasteiger partial charge in [0.1, 0.15) is 11.3 Å². The zero-order valence-electron chi connectivity index (χ0n) is 17.3. The van der Waals surface area contributed by atoms with Gasteiger partial charge in [0.05, 0.1) is 22.6 Å². The van der Waals surface area contributed by atoms with Crippen LogP contribution in [-0.4, -0.2) is 11.1 Å². The summed E-state index contributed by atoms with van der Waals surface area (Å²) in [6.45, 7) is 1.57. The molecule has 8 heteroatoms. The van der Waals surface area contributed by atoms with Crippen molar-refractivity contribution in [1.29, 1.82) is 0 Å². The zero-order chi connectivity index (χ0) is 23.8. The molecule has 3 aromatic carbocycles. The number of fused-ring (bicyclic) bond motifs is 1. The average molecular weight is 453 g/mol. The normalized spacial score (nSPS) is 12.5. The van der Waals surface area contributed by atoms with Gasteiger partial charge in [-0.15, -0.1) is 0 Å². The molecular formula is C25H18F3NO4. The molecule has 0 fully saturated rings. The average Bonchev–Trinajstić information content (AvgIpc) is 2.78. The molecule has 4 aromatic rings. The summed E-state index contributed by atoms with van der Waals surface area (Å²) >= 11 is 0. The summed E-state index contributed by atoms with van der Waals surface area (Å²) in [5.41, 5.74) is -0.738. The van der Waals surface area contributed by atoms with Crippen LogP contribution in [0.3, 0.4) is 0 Å². The van der Waals surface area contributed by atoms with Crippen LogP contribution in [0.4, 0.5) is 18.9 Å². The van der Waals surface area contributed by atoms with E-state index in [0.29, 0.717) is 5.56 Å². The topological polar surface area (TPSA) is 79.5 Å². The van der Waals surface area contributed by atoms with Crippen molar-refractivity contribution in [2.45, 2.75) is 19.1 Å². The van der Waals surface area contributed by atoms with E-state index in [0.717, 1.165) is 12.1 Å². The van der Waals surface area contributed by atoms with Crippen molar-refractivity contribution in [2.75, 3.05) is 5.32 Å². The SMILES string of the molecule is CC(Nc1ccccc1C(=O)O)c1cc(C(F)(F)F)cc2c(=O)cc(-c3ccccc3)oc12. The smallest absolute Gasteiger partial charge is 0.416 e. The number of anilines is 1. The molecule has 0 amide bonds. The summed E-state index contributed by atoms with van der Waals surface area (Å²) in [7, 11) is 0. The lowest BCUT2D eigenvalue weighted by molar-refractivity contribution is -0.137. The molecule has 1 atom stereocenters. The van der Waals surface area contributed by atoms with Crippen LogP contribution in [0.1, 0.15) is 34.5 Å². The van der Waals surface area contributed by atoms with Crippen LogP contribution >= 0.6 is 0 Å². The molecule has 0 aliphatic heterocycles. The number of nitrogens with one attached hydrogen (secondary N) is 1. The Bertz CT molecular complexity index is 1390. The van der Waals surface area contributed by atoms with E-state index in [4.69, 9.17) is 4.42 Å². The van der Waals surface area contributed by atoms with Gasteiger partial charge in [-0.2, -0.15) is 13.2 Å². The van der Waals surface area contributed by atoms with E-state index < -0.39 is 29.2 Å². The Morgan fingerprint density at radius 3 is 2.33 bits per heavy atom. The molecule has 0 saturated heterocycles. The van der Waals surface area contributed by atoms with Gasteiger partial charge in [0, 0.05) is 22.9 Å². The van der Waals surface area contributed by atoms with E-state index >= 15 is 0 Å². The van der Waals surface area contributed by atoms with Crippen LogP contribution in [-0.2, 0) is 6.18 Å². The van der Waals surface area contributed by atoms with E-state index in [9.17, 15) is 27.9 Å². The second-order valence-corrected chi connectivity index (χ2v) is 7.50. The Morgan fingerprint density at radius 1 is 1.00 bits per heavy atom. The van der Waals surface area contributed by atoms with Crippen molar-refractivity contribution in [1.82, 2.24) is 0 Å². The fourth-order valence-corrected chi connectivity index (χ4v) is 3.62. The maximum absolute atomic E-state index is 13.6. The van der Waals surface area contributed by atoms with Crippen molar-refractivity contribution < 1.29 is 27.5 Å². The highest BCUT2D eigenvalue weighted by molar-refractivity contribution is 5.94. The Labute approximate surface area is 186 Å². The molecule has 168 valence electrons. The van der Waals surface area contributed by atoms with Gasteiger partial charge in [0.2, 0.25) is 0 Å². The van der Waals surface area contributed by atoms with Crippen molar-refractivity contribution in [3.8, 4) is 11.3 Å². The first-order valence-electron chi connectivity index (χ1n) is 9.98. The Morgan fingerprint density at radius 2 is 1.67 bits per heavy atom. The number of benzene rings is 3. The van der Waals surface area contributed by atoms with E-state index in [-0.39, 0.29) is 33.5 Å². The second-order valence-electron chi connectivity index (χ2n) is 7.50. The van der Waals surface area contributed by atoms with Crippen LogP contribution in [0.25, 0.3) is 22.3 Å². The van der Waals surface area contributed by atoms with Crippen LogP contribution in [0.15, 0.2) is 82.0 Å². The minimum Gasteiger partial charge on any atom is -0.478 e. The molecule has 1 aromatic heterocycles. The number of halogens is 3. The predicted octanol–water partition coefficient (Wildman–Crippen LogP) is 6.35. The number of para-hydroxylation sites is 1. The van der Waals surface area contributed by atoms with E-state index in [1.807, 2.05) is 0 Å². The molecule has 5 nitrogen and oxygen atoms in total. The zero-order valence-corrected chi connectivity index (χ0v) is 17.3. The van der Waals surface area contributed by atoms with E-state index in [2.05, 4.69) is 5.32 Å². The molecule has 0 saturated carbocycles. The third kappa shape index (κ3) is 4.45. The van der Waals surface area contributed by atoms with Gasteiger partial charge in [-0.05, 0) is 31.2 Å². The molecule has 4 rings (SSSR count). The predicted molar refractivity (Wildman–Crippen MR) is 118 cm³/mol. The fourth-order valence-electron chi connectivity index (χ4n) is 3.62. The molecule has 0 spiro atoms. The molecule has 1 unspecified atom stereocenters. The van der Waals surface area contributed by atoms with Crippen molar-refractivity contribution >= 4 is 22.6 Å². The highest BCUT2D eigenvalue weighted by atomic mass is 19.4. The third-order valence-corrected chi connectivity index (χ3v) is 5.24. The summed E-state index contributed by atoms with van der Waals surface area (Å²) in [5.74, 6) is -0.968. The van der Waals surface area contributed by atoms with Gasteiger partial charge < -0.3 is 14.8 Å². The largest absolute Gasteiger partial charge is 0.478 e. The van der Waals surface area contributed by atoms with Gasteiger partial charge in [-0.25, -0.2) is 4.79 Å². The van der Waals surface area contributed by atoms with Crippen molar-refractivity contribution in [2.24, 2.45) is 0 Å². The van der Waals surface area contributed by atoms with Crippen LogP contribution in [0.2, 0.25) is 0 Å². The molecule has 0 radical (unpaired) electrons. The standard InChI is InChI=1S/C25H18F3NO4/c1-14(29-20-10-6-5-9-17(20)24(31)32)18-11-16(25(26,27)28)12-19-21(30)13-22(33-23(18)19)15-7-3-2-4-8-15/h2-14,29H,1H3,(H,31,32). The fraction of sp³-hybridized carbons (Fsp3) is 0.120. The molecule has 0 aliphatic carbocycles. The van der Waals surface area contributed by atoms with E-state index in [1.165, 1.54) is 18.2 Å². The Hall–Kier alpha value is -4.07. The maximum Gasteiger partial charge on any atom is 0.416 e. The van der Waals surface area contributed by atoms with Gasteiger partial charge in [0.15, 0.2) is 5.43 Å². The Balaban J connectivity index is 1.92. The molecule has 0 bridgehead atoms. The van der Waals surface area contributed by atoms with Gasteiger partial charge in [-0.3, -0.25) is 4.79 Å². The van der Waals surface area contributed by atoms with Gasteiger partial charge >= 0.3 is 12.1 Å². The minimum atomic E-state index is -4.69. The number of carboxylic acids is 1. The summed E-state index contributed by atoms with van der Waals surface area (Å²) in [6, 6.07) is 16.8. The third-order valence-electron chi connectivity index (χ3n) is 5.24. The first-order valence-corrected chi connectivity index (χ1v) is 9.98. The number of rotatable bonds is 5. The monoisotopic (exact) mass is 453 g/mol. The van der Waals surface area contributed by atoms with Crippen LogP contribution in [0.5, 0.6) is 0 Å². The van der Waals surface area contributed by atoms with Crippen molar-refractivity contribution in [3.05, 3.63) is 99.7 Å². The number of hydrogen-bond donors (Lipinski definition) is 2. The summed E-state index contributed by atoms with van der Waals surface area (Å²) in [4.78, 5) is 24.3. The van der Waals surface area contributed by atoms with Crippen LogP contribution in [0, 0.1) is 0 Å². The molecule has 0 aliphatic rings. The van der Waals surface area contributed by atoms with Gasteiger partial charge in [0.25, 0.3) is 0 Å². The lowest BCUT2D eigenvalue weighted by Gasteiger charge is -2.20. The lowest BCUT2D eigenvalue weighted by Crippen LogP contribution is -2.15. The number of alkyl halides is 3. The Kier molecular flexibility index (Phi) is 5.68. The molecule has 33 heavy (non-hydrogen) atoms. The lowest BCUT2D eigenvalue weighted by atomic mass is 9.99. The number of carbonyl (C=O) groups is 1. The molecular weight excluding hydrogens is 435 g/mol. The summed E-state index contributed by atoms with van der Waals surface area (Å²) < 4.78 is 46.7. The molecule has 2 N–H and O–H groups in total. The van der Waals surface area contributed by atoms with Crippen LogP contribution < -0.4 is 10.7 Å². The maximum atomic E-state index is 13.6. The highest BCUT2D eigenvalue weighted by Crippen LogP contribution is 2.36. The number of hydrogen-bond acceptors (Lipinski definition) is 4. The molecule has 1 heterocycles. The van der Waals surface area contributed by atoms with Crippen molar-refractivity contribution in [3.63, 3.8) is 0 Å². The summed E-state index contributed by atoms with van der Waals surface area (Å²) in [5, 5.41) is 12.2. The quantitative estimate of drug-likeness (QED) is 0.368. The summed E-state index contributed by atoms with van der Waals surface area (Å²) in [6.07, 6.45) is -4.69. The highest BCUT2D eigenvalue weighted by Gasteiger charge is 2.33. The van der Waals surface area contributed by atoms with E-state index in [1.54, 1.807) is 49.4 Å². The number of carboxylic acid groups (broad SMARTS) is 1.